The van der Waals surface area contributed by atoms with Crippen LogP contribution >= 0.6 is 0 Å². The van der Waals surface area contributed by atoms with Crippen molar-refractivity contribution in [3.63, 3.8) is 0 Å². The molecule has 0 amide bonds. The molecule has 2 rings (SSSR count). The second-order valence-electron chi connectivity index (χ2n) is 4.03. The Morgan fingerprint density at radius 3 is 0.923 bits per heavy atom. The van der Waals surface area contributed by atoms with Gasteiger partial charge in [0.2, 0.25) is 0 Å². The van der Waals surface area contributed by atoms with Crippen LogP contribution in [0.4, 0.5) is 51.8 Å². The van der Waals surface area contributed by atoms with Crippen LogP contribution in [0.5, 0.6) is 0 Å². The Kier molecular flexibility index (Phi) is 12.8. The van der Waals surface area contributed by atoms with Crippen LogP contribution in [-0.2, 0) is 15.0 Å². The van der Waals surface area contributed by atoms with Crippen molar-refractivity contribution in [3.05, 3.63) is 45.4 Å². The average Bonchev–Trinajstić information content (AvgIpc) is 2.95. The first-order valence-corrected chi connectivity index (χ1v) is 7.51. The maximum Gasteiger partial charge on any atom is 0.673 e. The molecule has 0 saturated carbocycles. The molecular formula is C10H10B3F12Fe. The second kappa shape index (κ2) is 12.3. The van der Waals surface area contributed by atoms with Crippen LogP contribution in [0.3, 0.4) is 0 Å². The topological polar surface area (TPSA) is 0 Å². The van der Waals surface area contributed by atoms with E-state index in [1.807, 2.05) is 0 Å². The molecular weight excluding hydrogens is 436 g/mol. The first kappa shape index (κ1) is 27.1. The van der Waals surface area contributed by atoms with Crippen LogP contribution in [0, 0.1) is 0 Å². The molecule has 0 fully saturated rings. The summed E-state index contributed by atoms with van der Waals surface area (Å²) >= 11 is 1.18. The van der Waals surface area contributed by atoms with Gasteiger partial charge in [-0.3, -0.25) is 0 Å². The number of allylic oxidation sites excluding steroid dienone is 8. The fourth-order valence-electron chi connectivity index (χ4n) is 1.11. The predicted molar refractivity (Wildman–Crippen MR) is 74.2 cm³/mol. The van der Waals surface area contributed by atoms with Gasteiger partial charge in [-0.25, -0.2) is 0 Å². The van der Waals surface area contributed by atoms with Crippen LogP contribution in [0.15, 0.2) is 45.4 Å². The van der Waals surface area contributed by atoms with Gasteiger partial charge in [0.25, 0.3) is 0 Å². The monoisotopic (exact) mass is 447 g/mol. The van der Waals surface area contributed by atoms with E-state index in [1.54, 1.807) is 8.94 Å². The summed E-state index contributed by atoms with van der Waals surface area (Å²) in [4.78, 5) is 0. The second-order valence-corrected chi connectivity index (χ2v) is 5.73. The van der Waals surface area contributed by atoms with Crippen molar-refractivity contribution in [3.8, 4) is 0 Å². The van der Waals surface area contributed by atoms with Gasteiger partial charge in [0.1, 0.15) is 0 Å². The molecule has 0 atom stereocenters. The Morgan fingerprint density at radius 1 is 0.538 bits per heavy atom. The van der Waals surface area contributed by atoms with Crippen LogP contribution < -0.4 is 0 Å². The van der Waals surface area contributed by atoms with Gasteiger partial charge in [-0.1, -0.05) is 0 Å². The zero-order valence-electron chi connectivity index (χ0n) is 12.5. The number of rotatable bonds is 2. The van der Waals surface area contributed by atoms with Crippen LogP contribution in [0.2, 0.25) is 0 Å². The molecule has 0 N–H and O–H groups in total. The third kappa shape index (κ3) is 38.4. The van der Waals surface area contributed by atoms with Crippen molar-refractivity contribution in [1.29, 1.82) is 0 Å². The van der Waals surface area contributed by atoms with Crippen molar-refractivity contribution in [2.45, 2.75) is 12.8 Å². The molecule has 16 heteroatoms. The molecule has 0 aromatic rings. The van der Waals surface area contributed by atoms with Gasteiger partial charge in [-0.05, 0) is 0 Å². The van der Waals surface area contributed by atoms with Crippen LogP contribution in [-0.4, -0.2) is 21.8 Å². The Bertz CT molecular complexity index is 440. The van der Waals surface area contributed by atoms with Gasteiger partial charge >= 0.3 is 95.0 Å². The molecule has 0 nitrogen and oxygen atoms in total. The number of hydrogen-bond donors (Lipinski definition) is 0. The summed E-state index contributed by atoms with van der Waals surface area (Å²) in [5, 5.41) is 0. The van der Waals surface area contributed by atoms with Gasteiger partial charge in [0, 0.05) is 0 Å². The minimum absolute atomic E-state index is 1.16. The van der Waals surface area contributed by atoms with Crippen molar-refractivity contribution in [1.82, 2.24) is 0 Å². The van der Waals surface area contributed by atoms with E-state index >= 15 is 0 Å². The van der Waals surface area contributed by atoms with Gasteiger partial charge in [0.15, 0.2) is 0 Å². The smallest absolute Gasteiger partial charge is 0.418 e. The molecule has 0 bridgehead atoms. The van der Waals surface area contributed by atoms with Crippen LogP contribution in [0.25, 0.3) is 0 Å². The molecule has 0 unspecified atom stereocenters. The molecule has 0 aliphatic heterocycles. The molecule has 0 aromatic carbocycles. The van der Waals surface area contributed by atoms with Crippen LogP contribution in [0.1, 0.15) is 12.8 Å². The standard InChI is InChI=1S/2C5H5.3BF4.Fe/c2*1-2-4-5-3-1;3*2-1(3,4)5;/h2*1-3H,4H2;;;;/q;;3*-1;+3. The maximum absolute atomic E-state index is 9.75. The molecule has 2 aliphatic rings. The largest absolute Gasteiger partial charge is 0.673 e. The van der Waals surface area contributed by atoms with E-state index in [4.69, 9.17) is 0 Å². The molecule has 0 spiro atoms. The van der Waals surface area contributed by atoms with E-state index in [-0.39, 0.29) is 0 Å². The average molecular weight is 446 g/mol. The molecule has 2 aliphatic carbocycles. The fourth-order valence-corrected chi connectivity index (χ4v) is 2.45. The molecule has 0 radical (unpaired) electrons. The van der Waals surface area contributed by atoms with E-state index in [1.165, 1.54) is 15.0 Å². The number of halogens is 12. The summed E-state index contributed by atoms with van der Waals surface area (Å²) in [6.45, 7) is 0. The summed E-state index contributed by atoms with van der Waals surface area (Å²) in [6.07, 6.45) is 15.5. The first-order valence-electron chi connectivity index (χ1n) is 6.41. The minimum atomic E-state index is -6.00. The maximum atomic E-state index is 9.75. The quantitative estimate of drug-likeness (QED) is 0.329. The normalized spacial score (nSPS) is 15.5. The molecule has 26 heavy (non-hydrogen) atoms. The van der Waals surface area contributed by atoms with E-state index in [2.05, 4.69) is 36.5 Å². The first-order chi connectivity index (χ1) is 11.4. The zero-order valence-corrected chi connectivity index (χ0v) is 13.6. The fraction of sp³-hybridized carbons (Fsp3) is 0.200. The number of hydrogen-bond acceptors (Lipinski definition) is 0. The third-order valence-corrected chi connectivity index (χ3v) is 3.19. The van der Waals surface area contributed by atoms with Crippen molar-refractivity contribution < 1.29 is 66.7 Å². The molecule has 151 valence electrons. The van der Waals surface area contributed by atoms with Gasteiger partial charge in [-0.15, -0.1) is 0 Å². The summed E-state index contributed by atoms with van der Waals surface area (Å²) in [7, 11) is -18.0. The van der Waals surface area contributed by atoms with E-state index in [0.29, 0.717) is 0 Å². The van der Waals surface area contributed by atoms with Crippen molar-refractivity contribution in [2.24, 2.45) is 0 Å². The Labute approximate surface area is 147 Å². The SMILES string of the molecule is C1=CC[C]([Fe+3][C]2=CC=CC2)=C1.F[B-](F)(F)F.F[B-](F)(F)F.F[B-](F)(F)F. The summed E-state index contributed by atoms with van der Waals surface area (Å²) < 4.78 is 120. The van der Waals surface area contributed by atoms with Crippen molar-refractivity contribution in [2.75, 3.05) is 0 Å². The van der Waals surface area contributed by atoms with E-state index < -0.39 is 21.8 Å². The van der Waals surface area contributed by atoms with Gasteiger partial charge in [0.05, 0.1) is 0 Å². The Hall–Kier alpha value is -1.17. The zero-order chi connectivity index (χ0) is 21.0. The van der Waals surface area contributed by atoms with Crippen molar-refractivity contribution >= 4 is 21.8 Å². The summed E-state index contributed by atoms with van der Waals surface area (Å²) in [5.41, 5.74) is 0. The Morgan fingerprint density at radius 2 is 0.769 bits per heavy atom. The molecule has 0 saturated heterocycles. The predicted octanol–water partition coefficient (Wildman–Crippen LogP) is 6.66. The van der Waals surface area contributed by atoms with Gasteiger partial charge in [-0.2, -0.15) is 0 Å². The summed E-state index contributed by atoms with van der Waals surface area (Å²) in [6, 6.07) is 0. The van der Waals surface area contributed by atoms with E-state index in [9.17, 15) is 51.8 Å². The third-order valence-electron chi connectivity index (χ3n) is 1.66. The summed E-state index contributed by atoms with van der Waals surface area (Å²) in [5.74, 6) is 0. The van der Waals surface area contributed by atoms with E-state index in [0.717, 1.165) is 12.8 Å². The molecule has 0 heterocycles. The van der Waals surface area contributed by atoms with Gasteiger partial charge < -0.3 is 51.8 Å². The molecule has 0 aromatic heterocycles. The minimum Gasteiger partial charge on any atom is -0.418 e. The Balaban J connectivity index is 0.